The number of nitrogens with zero attached hydrogens (tertiary/aromatic N) is 1. The Labute approximate surface area is 182 Å². The minimum atomic E-state index is -1.16. The summed E-state index contributed by atoms with van der Waals surface area (Å²) < 4.78 is 21.4. The number of halogens is 2. The quantitative estimate of drug-likeness (QED) is 0.659. The van der Waals surface area contributed by atoms with E-state index in [-0.39, 0.29) is 45.8 Å². The number of carboxylic acids is 1. The van der Waals surface area contributed by atoms with Crippen molar-refractivity contribution in [2.75, 3.05) is 14.2 Å². The third kappa shape index (κ3) is 3.53. The number of rotatable bonds is 6. The highest BCUT2D eigenvalue weighted by molar-refractivity contribution is 6.31. The first-order valence-corrected chi connectivity index (χ1v) is 10.4. The number of carbonyl (C=O) groups excluding carboxylic acids is 1. The number of likely N-dealkylation sites (N-methyl/N-ethyl adjacent to an activating group) is 1. The predicted molar refractivity (Wildman–Crippen MR) is 112 cm³/mol. The van der Waals surface area contributed by atoms with Crippen molar-refractivity contribution < 1.29 is 23.8 Å². The van der Waals surface area contributed by atoms with Crippen LogP contribution < -0.4 is 10.9 Å². The lowest BCUT2D eigenvalue weighted by molar-refractivity contribution is -0.140. The van der Waals surface area contributed by atoms with Crippen LogP contribution in [-0.4, -0.2) is 41.3 Å². The third-order valence-electron chi connectivity index (χ3n) is 6.36. The molecular weight excluding hydrogens is 427 g/mol. The van der Waals surface area contributed by atoms with E-state index in [1.807, 2.05) is 7.05 Å². The Bertz CT molecular complexity index is 1160. The number of carboxylic acid groups (broad SMARTS) is 1. The molecule has 31 heavy (non-hydrogen) atoms. The third-order valence-corrected chi connectivity index (χ3v) is 6.65. The van der Waals surface area contributed by atoms with Crippen molar-refractivity contribution in [3.8, 4) is 11.1 Å². The van der Waals surface area contributed by atoms with Crippen LogP contribution in [0, 0.1) is 5.82 Å². The number of aliphatic carboxylic acids is 1. The molecule has 1 fully saturated rings. The fourth-order valence-electron chi connectivity index (χ4n) is 4.48. The van der Waals surface area contributed by atoms with Crippen LogP contribution in [0.3, 0.4) is 0 Å². The summed E-state index contributed by atoms with van der Waals surface area (Å²) in [5, 5.41) is 12.6. The highest BCUT2D eigenvalue weighted by atomic mass is 35.5. The molecule has 0 radical (unpaired) electrons. The summed E-state index contributed by atoms with van der Waals surface area (Å²) in [5.41, 5.74) is 0.230. The van der Waals surface area contributed by atoms with E-state index in [0.717, 1.165) is 23.5 Å². The number of hydrogen-bond acceptors (Lipinski definition) is 5. The minimum absolute atomic E-state index is 0.00238. The second kappa shape index (κ2) is 7.76. The Morgan fingerprint density at radius 2 is 2.10 bits per heavy atom. The lowest BCUT2D eigenvalue weighted by atomic mass is 9.90. The van der Waals surface area contributed by atoms with E-state index >= 15 is 4.39 Å². The largest absolute Gasteiger partial charge is 0.480 e. The van der Waals surface area contributed by atoms with Gasteiger partial charge in [0.25, 0.3) is 5.56 Å². The van der Waals surface area contributed by atoms with Crippen molar-refractivity contribution in [3.63, 3.8) is 0 Å². The summed E-state index contributed by atoms with van der Waals surface area (Å²) in [6.45, 7) is 0. The number of esters is 1. The highest BCUT2D eigenvalue weighted by Crippen LogP contribution is 2.43. The molecule has 2 N–H and O–H groups in total. The molecular formula is C22H22ClFN2O5. The van der Waals surface area contributed by atoms with Gasteiger partial charge in [-0.05, 0) is 50.8 Å². The molecule has 1 aromatic carbocycles. The van der Waals surface area contributed by atoms with Gasteiger partial charge in [0.05, 0.1) is 17.7 Å². The Balaban J connectivity index is 2.01. The molecule has 1 saturated carbocycles. The molecule has 0 spiro atoms. The maximum Gasteiger partial charge on any atom is 0.340 e. The van der Waals surface area contributed by atoms with Crippen LogP contribution >= 0.6 is 11.6 Å². The van der Waals surface area contributed by atoms with Crippen molar-refractivity contribution in [2.24, 2.45) is 0 Å². The monoisotopic (exact) mass is 448 g/mol. The van der Waals surface area contributed by atoms with Gasteiger partial charge in [-0.15, -0.1) is 0 Å². The summed E-state index contributed by atoms with van der Waals surface area (Å²) in [6.07, 6.45) is 2.67. The topological polar surface area (TPSA) is 97.6 Å². The first-order valence-electron chi connectivity index (χ1n) is 9.98. The van der Waals surface area contributed by atoms with Crippen molar-refractivity contribution >= 4 is 23.5 Å². The molecule has 1 atom stereocenters. The Morgan fingerprint density at radius 1 is 1.39 bits per heavy atom. The van der Waals surface area contributed by atoms with E-state index in [0.29, 0.717) is 12.0 Å². The molecule has 164 valence electrons. The van der Waals surface area contributed by atoms with Crippen LogP contribution in [0.2, 0.25) is 5.02 Å². The van der Waals surface area contributed by atoms with Gasteiger partial charge in [0, 0.05) is 28.4 Å². The molecule has 1 aliphatic carbocycles. The van der Waals surface area contributed by atoms with E-state index in [2.05, 4.69) is 5.32 Å². The maximum absolute atomic E-state index is 15.4. The molecule has 2 heterocycles. The van der Waals surface area contributed by atoms with Crippen molar-refractivity contribution in [3.05, 3.63) is 56.2 Å². The fraction of sp³-hybridized carbons (Fsp3) is 0.409. The van der Waals surface area contributed by atoms with Crippen LogP contribution in [0.15, 0.2) is 23.0 Å². The fourth-order valence-corrected chi connectivity index (χ4v) is 4.64. The molecule has 4 rings (SSSR count). The standard InChI is InChI=1S/C22H22ClFN2O5/c1-25-22(7-8-22)10-11-3-4-13(23)19(24)17(11)12-9-16(27)26-14(18(12)21(30)31-2)5-6-15(26)20(28)29/h3-4,9,15,25H,5-8,10H2,1-2H3,(H,28,29). The van der Waals surface area contributed by atoms with Crippen LogP contribution in [0.25, 0.3) is 11.1 Å². The van der Waals surface area contributed by atoms with Crippen molar-refractivity contribution in [2.45, 2.75) is 43.7 Å². The second-order valence-electron chi connectivity index (χ2n) is 8.07. The van der Waals surface area contributed by atoms with Gasteiger partial charge >= 0.3 is 11.9 Å². The van der Waals surface area contributed by atoms with Gasteiger partial charge in [-0.25, -0.2) is 14.0 Å². The number of ether oxygens (including phenoxy) is 1. The van der Waals surface area contributed by atoms with Crippen molar-refractivity contribution in [1.82, 2.24) is 9.88 Å². The second-order valence-corrected chi connectivity index (χ2v) is 8.48. The predicted octanol–water partition coefficient (Wildman–Crippen LogP) is 2.96. The average molecular weight is 449 g/mol. The van der Waals surface area contributed by atoms with Crippen LogP contribution in [0.1, 0.15) is 46.9 Å². The van der Waals surface area contributed by atoms with E-state index in [1.54, 1.807) is 6.07 Å². The van der Waals surface area contributed by atoms with Gasteiger partial charge in [0.2, 0.25) is 0 Å². The van der Waals surface area contributed by atoms with Crippen molar-refractivity contribution in [1.29, 1.82) is 0 Å². The molecule has 1 aliphatic heterocycles. The molecule has 0 amide bonds. The molecule has 2 aromatic rings. The smallest absolute Gasteiger partial charge is 0.340 e. The summed E-state index contributed by atoms with van der Waals surface area (Å²) in [7, 11) is 3.03. The van der Waals surface area contributed by atoms with E-state index in [4.69, 9.17) is 16.3 Å². The normalized spacial score (nSPS) is 18.5. The number of nitrogens with one attached hydrogen (secondary N) is 1. The minimum Gasteiger partial charge on any atom is -0.480 e. The first kappa shape index (κ1) is 21.5. The number of fused-ring (bicyclic) bond motifs is 1. The number of pyridine rings is 1. The van der Waals surface area contributed by atoms with Crippen LogP contribution in [0.4, 0.5) is 4.39 Å². The number of carbonyl (C=O) groups is 2. The van der Waals surface area contributed by atoms with Crippen LogP contribution in [-0.2, 0) is 22.4 Å². The highest BCUT2D eigenvalue weighted by Gasteiger charge is 2.42. The Kier molecular flexibility index (Phi) is 5.39. The van der Waals surface area contributed by atoms with E-state index in [9.17, 15) is 19.5 Å². The number of methoxy groups -OCH3 is 1. The molecule has 0 saturated heterocycles. The zero-order valence-corrected chi connectivity index (χ0v) is 17.9. The van der Waals surface area contributed by atoms with Gasteiger partial charge in [0.1, 0.15) is 11.9 Å². The van der Waals surface area contributed by atoms with Gasteiger partial charge in [-0.3, -0.25) is 9.36 Å². The Morgan fingerprint density at radius 3 is 2.68 bits per heavy atom. The SMILES string of the molecule is CNC1(Cc2ccc(Cl)c(F)c2-c2cc(=O)n3c(c2C(=O)OC)CCC3C(=O)O)CC1. The van der Waals surface area contributed by atoms with Gasteiger partial charge in [-0.2, -0.15) is 0 Å². The molecule has 2 aliphatic rings. The van der Waals surface area contributed by atoms with Gasteiger partial charge in [0.15, 0.2) is 0 Å². The molecule has 1 unspecified atom stereocenters. The van der Waals surface area contributed by atoms with E-state index < -0.39 is 29.4 Å². The number of hydrogen-bond donors (Lipinski definition) is 2. The molecule has 7 nitrogen and oxygen atoms in total. The zero-order chi connectivity index (χ0) is 22.5. The van der Waals surface area contributed by atoms with E-state index in [1.165, 1.54) is 13.2 Å². The number of aromatic nitrogens is 1. The summed E-state index contributed by atoms with van der Waals surface area (Å²) in [5.74, 6) is -2.65. The molecule has 9 heteroatoms. The summed E-state index contributed by atoms with van der Waals surface area (Å²) in [4.78, 5) is 37.3. The summed E-state index contributed by atoms with van der Waals surface area (Å²) in [6, 6.07) is 3.20. The average Bonchev–Trinajstić information content (AvgIpc) is 3.37. The number of benzene rings is 1. The zero-order valence-electron chi connectivity index (χ0n) is 17.1. The lowest BCUT2D eigenvalue weighted by Crippen LogP contribution is -2.31. The molecule has 0 bridgehead atoms. The maximum atomic E-state index is 15.4. The van der Waals surface area contributed by atoms with Gasteiger partial charge in [-0.1, -0.05) is 17.7 Å². The van der Waals surface area contributed by atoms with Crippen LogP contribution in [0.5, 0.6) is 0 Å². The Hall–Kier alpha value is -2.71. The summed E-state index contributed by atoms with van der Waals surface area (Å²) >= 11 is 6.08. The first-order chi connectivity index (χ1) is 14.7. The van der Waals surface area contributed by atoms with Gasteiger partial charge < -0.3 is 15.2 Å². The lowest BCUT2D eigenvalue weighted by Gasteiger charge is -2.21. The molecule has 1 aromatic heterocycles.